The van der Waals surface area contributed by atoms with Crippen molar-refractivity contribution in [3.8, 4) is 0 Å². The van der Waals surface area contributed by atoms with Crippen LogP contribution in [0.1, 0.15) is 30.3 Å². The Balaban J connectivity index is 0.00000300. The first kappa shape index (κ1) is 24.1. The molecule has 1 saturated heterocycles. The van der Waals surface area contributed by atoms with Gasteiger partial charge in [0.05, 0.1) is 19.3 Å². The molecule has 0 aliphatic carbocycles. The second-order valence-corrected chi connectivity index (χ2v) is 8.72. The number of morpholine rings is 1. The molecule has 1 aliphatic heterocycles. The Labute approximate surface area is 196 Å². The largest absolute Gasteiger partial charge is 0.379 e. The van der Waals surface area contributed by atoms with E-state index in [1.165, 1.54) is 10.4 Å². The van der Waals surface area contributed by atoms with E-state index in [0.29, 0.717) is 6.04 Å². The summed E-state index contributed by atoms with van der Waals surface area (Å²) in [4.78, 5) is 8.33. The highest BCUT2D eigenvalue weighted by molar-refractivity contribution is 14.0. The Morgan fingerprint density at radius 1 is 1.14 bits per heavy atom. The van der Waals surface area contributed by atoms with Gasteiger partial charge in [0.15, 0.2) is 5.96 Å². The van der Waals surface area contributed by atoms with Crippen molar-refractivity contribution in [1.82, 2.24) is 15.5 Å². The first-order chi connectivity index (χ1) is 13.6. The molecular weight excluding hydrogens is 495 g/mol. The normalized spacial score (nSPS) is 16.7. The standard InChI is InChI=1S/C22H32N4OS.HI/c1-22(2,18-8-5-4-6-9-18)17-25-21(23-3)24-16-19(20-10-7-15-28-20)26-11-13-27-14-12-26;/h4-10,15,19H,11-14,16-17H2,1-3H3,(H2,23,24,25);1H. The third kappa shape index (κ3) is 6.94. The molecule has 1 unspecified atom stereocenters. The molecule has 29 heavy (non-hydrogen) atoms. The molecule has 2 heterocycles. The monoisotopic (exact) mass is 528 g/mol. The minimum atomic E-state index is 0. The molecule has 1 aromatic carbocycles. The second kappa shape index (κ2) is 11.9. The molecule has 7 heteroatoms. The summed E-state index contributed by atoms with van der Waals surface area (Å²) in [6, 6.07) is 15.3. The third-order valence-corrected chi connectivity index (χ3v) is 6.27. The Morgan fingerprint density at radius 2 is 1.86 bits per heavy atom. The fourth-order valence-corrected chi connectivity index (χ4v) is 4.35. The van der Waals surface area contributed by atoms with Gasteiger partial charge in [0.1, 0.15) is 0 Å². The predicted molar refractivity (Wildman–Crippen MR) is 134 cm³/mol. The van der Waals surface area contributed by atoms with Crippen molar-refractivity contribution in [3.05, 3.63) is 58.3 Å². The summed E-state index contributed by atoms with van der Waals surface area (Å²) in [5.74, 6) is 0.846. The molecule has 1 aliphatic rings. The van der Waals surface area contributed by atoms with E-state index in [4.69, 9.17) is 4.74 Å². The number of hydrogen-bond acceptors (Lipinski definition) is 4. The number of thiophene rings is 1. The first-order valence-corrected chi connectivity index (χ1v) is 10.8. The number of ether oxygens (including phenoxy) is 1. The smallest absolute Gasteiger partial charge is 0.191 e. The number of aliphatic imine (C=N–C) groups is 1. The van der Waals surface area contributed by atoms with Gasteiger partial charge in [-0.2, -0.15) is 0 Å². The van der Waals surface area contributed by atoms with Crippen LogP contribution >= 0.6 is 35.3 Å². The lowest BCUT2D eigenvalue weighted by Crippen LogP contribution is -2.48. The van der Waals surface area contributed by atoms with Crippen LogP contribution in [-0.4, -0.2) is 57.3 Å². The maximum atomic E-state index is 5.54. The lowest BCUT2D eigenvalue weighted by molar-refractivity contribution is 0.0177. The summed E-state index contributed by atoms with van der Waals surface area (Å²) in [5, 5.41) is 9.20. The van der Waals surface area contributed by atoms with Crippen molar-refractivity contribution in [1.29, 1.82) is 0 Å². The molecule has 0 radical (unpaired) electrons. The van der Waals surface area contributed by atoms with Crippen LogP contribution in [0.5, 0.6) is 0 Å². The van der Waals surface area contributed by atoms with Gasteiger partial charge in [0.25, 0.3) is 0 Å². The quantitative estimate of drug-likeness (QED) is 0.326. The molecule has 5 nitrogen and oxygen atoms in total. The summed E-state index contributed by atoms with van der Waals surface area (Å²) in [6.07, 6.45) is 0. The number of halogens is 1. The molecule has 1 aromatic heterocycles. The molecule has 160 valence electrons. The van der Waals surface area contributed by atoms with E-state index in [-0.39, 0.29) is 29.4 Å². The van der Waals surface area contributed by atoms with Crippen LogP contribution < -0.4 is 10.6 Å². The van der Waals surface area contributed by atoms with Crippen LogP contribution in [0, 0.1) is 0 Å². The predicted octanol–water partition coefficient (Wildman–Crippen LogP) is 3.88. The van der Waals surface area contributed by atoms with Gasteiger partial charge in [0, 0.05) is 43.5 Å². The van der Waals surface area contributed by atoms with E-state index in [0.717, 1.165) is 45.4 Å². The van der Waals surface area contributed by atoms with Gasteiger partial charge in [-0.1, -0.05) is 50.2 Å². The first-order valence-electron chi connectivity index (χ1n) is 9.95. The Kier molecular flexibility index (Phi) is 9.88. The highest BCUT2D eigenvalue weighted by atomic mass is 127. The summed E-state index contributed by atoms with van der Waals surface area (Å²) in [5.41, 5.74) is 1.35. The van der Waals surface area contributed by atoms with Gasteiger partial charge in [-0.25, -0.2) is 0 Å². The summed E-state index contributed by atoms with van der Waals surface area (Å²) >= 11 is 1.82. The molecule has 0 bridgehead atoms. The SMILES string of the molecule is CN=C(NCC(c1cccs1)N1CCOCC1)NCC(C)(C)c1ccccc1.I. The maximum absolute atomic E-state index is 5.54. The second-order valence-electron chi connectivity index (χ2n) is 7.74. The Hall–Kier alpha value is -1.16. The molecule has 1 atom stereocenters. The van der Waals surface area contributed by atoms with Crippen LogP contribution in [-0.2, 0) is 10.2 Å². The molecule has 2 aromatic rings. The minimum Gasteiger partial charge on any atom is -0.379 e. The van der Waals surface area contributed by atoms with E-state index < -0.39 is 0 Å². The number of benzene rings is 1. The van der Waals surface area contributed by atoms with Crippen molar-refractivity contribution in [3.63, 3.8) is 0 Å². The van der Waals surface area contributed by atoms with Crippen molar-refractivity contribution in [2.45, 2.75) is 25.3 Å². The van der Waals surface area contributed by atoms with E-state index >= 15 is 0 Å². The summed E-state index contributed by atoms with van der Waals surface area (Å²) in [6.45, 7) is 9.70. The van der Waals surface area contributed by atoms with E-state index in [1.807, 2.05) is 18.4 Å². The zero-order valence-electron chi connectivity index (χ0n) is 17.6. The Bertz CT molecular complexity index is 731. The number of nitrogens with zero attached hydrogens (tertiary/aromatic N) is 2. The number of hydrogen-bond donors (Lipinski definition) is 2. The highest BCUT2D eigenvalue weighted by Crippen LogP contribution is 2.25. The lowest BCUT2D eigenvalue weighted by Gasteiger charge is -2.34. The van der Waals surface area contributed by atoms with Gasteiger partial charge in [0.2, 0.25) is 0 Å². The molecule has 3 rings (SSSR count). The van der Waals surface area contributed by atoms with E-state index in [9.17, 15) is 0 Å². The van der Waals surface area contributed by atoms with Crippen LogP contribution in [0.2, 0.25) is 0 Å². The molecule has 0 spiro atoms. The molecule has 1 fully saturated rings. The number of guanidine groups is 1. The zero-order valence-corrected chi connectivity index (χ0v) is 20.7. The van der Waals surface area contributed by atoms with E-state index in [1.54, 1.807) is 0 Å². The lowest BCUT2D eigenvalue weighted by atomic mass is 9.85. The molecule has 2 N–H and O–H groups in total. The maximum Gasteiger partial charge on any atom is 0.191 e. The van der Waals surface area contributed by atoms with Gasteiger partial charge in [-0.15, -0.1) is 35.3 Å². The van der Waals surface area contributed by atoms with Crippen LogP contribution in [0.25, 0.3) is 0 Å². The number of nitrogens with one attached hydrogen (secondary N) is 2. The van der Waals surface area contributed by atoms with E-state index in [2.05, 4.69) is 82.2 Å². The highest BCUT2D eigenvalue weighted by Gasteiger charge is 2.24. The summed E-state index contributed by atoms with van der Waals surface area (Å²) < 4.78 is 5.54. The van der Waals surface area contributed by atoms with Crippen LogP contribution in [0.4, 0.5) is 0 Å². The van der Waals surface area contributed by atoms with Crippen molar-refractivity contribution >= 4 is 41.3 Å². The average Bonchev–Trinajstić information content (AvgIpc) is 3.26. The van der Waals surface area contributed by atoms with Gasteiger partial charge in [-0.3, -0.25) is 9.89 Å². The number of rotatable bonds is 7. The van der Waals surface area contributed by atoms with Gasteiger partial charge < -0.3 is 15.4 Å². The Morgan fingerprint density at radius 3 is 2.48 bits per heavy atom. The topological polar surface area (TPSA) is 48.9 Å². The van der Waals surface area contributed by atoms with Crippen molar-refractivity contribution in [2.24, 2.45) is 4.99 Å². The van der Waals surface area contributed by atoms with Gasteiger partial charge in [-0.05, 0) is 17.0 Å². The van der Waals surface area contributed by atoms with Gasteiger partial charge >= 0.3 is 0 Å². The molecule has 0 amide bonds. The fraction of sp³-hybridized carbons (Fsp3) is 0.500. The third-order valence-electron chi connectivity index (χ3n) is 5.30. The fourth-order valence-electron chi connectivity index (χ4n) is 3.49. The summed E-state index contributed by atoms with van der Waals surface area (Å²) in [7, 11) is 1.83. The van der Waals surface area contributed by atoms with Crippen molar-refractivity contribution < 1.29 is 4.74 Å². The van der Waals surface area contributed by atoms with Crippen LogP contribution in [0.3, 0.4) is 0 Å². The molecular formula is C22H33IN4OS. The average molecular weight is 529 g/mol. The zero-order chi connectivity index (χ0) is 19.8. The van der Waals surface area contributed by atoms with Crippen molar-refractivity contribution in [2.75, 3.05) is 46.4 Å². The van der Waals surface area contributed by atoms with Crippen LogP contribution in [0.15, 0.2) is 52.8 Å². The minimum absolute atomic E-state index is 0. The molecule has 0 saturated carbocycles.